The molecule has 0 aliphatic carbocycles. The fourth-order valence-corrected chi connectivity index (χ4v) is 2.88. The summed E-state index contributed by atoms with van der Waals surface area (Å²) in [4.78, 5) is 6.38. The van der Waals surface area contributed by atoms with Gasteiger partial charge in [-0.25, -0.2) is 0 Å². The van der Waals surface area contributed by atoms with Gasteiger partial charge in [-0.15, -0.1) is 0 Å². The molecule has 0 unspecified atom stereocenters. The van der Waals surface area contributed by atoms with E-state index in [1.54, 1.807) is 12.3 Å². The molecule has 0 spiro atoms. The molecule has 0 amide bonds. The van der Waals surface area contributed by atoms with E-state index >= 15 is 0 Å². The van der Waals surface area contributed by atoms with Gasteiger partial charge < -0.3 is 4.90 Å². The number of rotatable bonds is 1. The molecule has 0 N–H and O–H groups in total. The van der Waals surface area contributed by atoms with Crippen molar-refractivity contribution in [2.24, 2.45) is 0 Å². The van der Waals surface area contributed by atoms with Gasteiger partial charge >= 0.3 is 6.18 Å². The molecular weight excluding hydrogens is 277 g/mol. The minimum atomic E-state index is -4.29. The van der Waals surface area contributed by atoms with Crippen molar-refractivity contribution < 1.29 is 13.2 Å². The Hall–Kier alpha value is -2.04. The van der Waals surface area contributed by atoms with Gasteiger partial charge in [-0.05, 0) is 48.7 Å². The highest BCUT2D eigenvalue weighted by molar-refractivity contribution is 5.58. The molecule has 0 radical (unpaired) electrons. The van der Waals surface area contributed by atoms with Crippen LogP contribution in [0.1, 0.15) is 29.3 Å². The molecule has 0 saturated carbocycles. The Labute approximate surface area is 121 Å². The summed E-state index contributed by atoms with van der Waals surface area (Å²) in [6.07, 6.45) is -1.15. The zero-order valence-electron chi connectivity index (χ0n) is 11.6. The molecule has 1 aliphatic heterocycles. The van der Waals surface area contributed by atoms with Gasteiger partial charge in [0.25, 0.3) is 0 Å². The Morgan fingerprint density at radius 1 is 1.19 bits per heavy atom. The summed E-state index contributed by atoms with van der Waals surface area (Å²) in [5.41, 5.74) is 1.97. The molecule has 0 saturated heterocycles. The van der Waals surface area contributed by atoms with Crippen LogP contribution < -0.4 is 4.90 Å². The third-order valence-electron chi connectivity index (χ3n) is 3.97. The Morgan fingerprint density at radius 3 is 2.67 bits per heavy atom. The first kappa shape index (κ1) is 13.9. The fraction of sp³-hybridized carbons (Fsp3) is 0.312. The fourth-order valence-electron chi connectivity index (χ4n) is 2.88. The van der Waals surface area contributed by atoms with Gasteiger partial charge in [0, 0.05) is 18.9 Å². The molecular formula is C16H15F3N2. The van der Waals surface area contributed by atoms with Crippen molar-refractivity contribution in [2.45, 2.75) is 25.1 Å². The number of aromatic nitrogens is 1. The molecule has 5 heteroatoms. The van der Waals surface area contributed by atoms with Gasteiger partial charge in [0.15, 0.2) is 0 Å². The van der Waals surface area contributed by atoms with Crippen molar-refractivity contribution in [1.82, 2.24) is 4.98 Å². The van der Waals surface area contributed by atoms with Crippen LogP contribution >= 0.6 is 0 Å². The van der Waals surface area contributed by atoms with Crippen LogP contribution in [0.4, 0.5) is 18.9 Å². The van der Waals surface area contributed by atoms with Crippen molar-refractivity contribution in [2.75, 3.05) is 11.9 Å². The monoisotopic (exact) mass is 292 g/mol. The lowest BCUT2D eigenvalue weighted by Gasteiger charge is -2.36. The van der Waals surface area contributed by atoms with Crippen molar-refractivity contribution in [3.05, 3.63) is 59.4 Å². The highest BCUT2D eigenvalue weighted by Gasteiger charge is 2.33. The van der Waals surface area contributed by atoms with E-state index in [1.165, 1.54) is 6.07 Å². The number of hydrogen-bond acceptors (Lipinski definition) is 2. The molecule has 1 aliphatic rings. The van der Waals surface area contributed by atoms with Gasteiger partial charge in [-0.2, -0.15) is 13.2 Å². The number of nitrogens with zero attached hydrogens (tertiary/aromatic N) is 2. The number of alkyl halides is 3. The van der Waals surface area contributed by atoms with E-state index in [1.807, 2.05) is 30.1 Å². The lowest BCUT2D eigenvalue weighted by atomic mass is 9.93. The Kier molecular flexibility index (Phi) is 3.35. The first-order valence-electron chi connectivity index (χ1n) is 6.80. The first-order chi connectivity index (χ1) is 9.97. The summed E-state index contributed by atoms with van der Waals surface area (Å²) < 4.78 is 38.3. The van der Waals surface area contributed by atoms with Crippen LogP contribution in [-0.4, -0.2) is 12.0 Å². The number of aryl methyl sites for hydroxylation is 1. The Bertz CT molecular complexity index is 638. The third kappa shape index (κ3) is 2.60. The van der Waals surface area contributed by atoms with E-state index < -0.39 is 11.7 Å². The molecule has 3 rings (SSSR count). The molecule has 1 atom stereocenters. The summed E-state index contributed by atoms with van der Waals surface area (Å²) in [5, 5.41) is 0. The normalized spacial score (nSPS) is 18.5. The number of benzene rings is 1. The van der Waals surface area contributed by atoms with E-state index in [0.29, 0.717) is 6.42 Å². The second kappa shape index (κ2) is 5.06. The molecule has 2 nitrogen and oxygen atoms in total. The average molecular weight is 292 g/mol. The molecule has 1 aromatic carbocycles. The smallest absolute Gasteiger partial charge is 0.366 e. The van der Waals surface area contributed by atoms with Crippen LogP contribution in [0.5, 0.6) is 0 Å². The first-order valence-corrected chi connectivity index (χ1v) is 6.80. The lowest BCUT2D eigenvalue weighted by Crippen LogP contribution is -2.30. The van der Waals surface area contributed by atoms with Crippen LogP contribution in [0, 0.1) is 0 Å². The predicted molar refractivity (Wildman–Crippen MR) is 75.1 cm³/mol. The summed E-state index contributed by atoms with van der Waals surface area (Å²) >= 11 is 0. The number of halogens is 3. The maximum atomic E-state index is 12.8. The topological polar surface area (TPSA) is 16.1 Å². The Morgan fingerprint density at radius 2 is 2.00 bits per heavy atom. The largest absolute Gasteiger partial charge is 0.416 e. The number of pyridine rings is 1. The lowest BCUT2D eigenvalue weighted by molar-refractivity contribution is -0.137. The molecule has 0 fully saturated rings. The summed E-state index contributed by atoms with van der Waals surface area (Å²) in [5.74, 6) is 0. The highest BCUT2D eigenvalue weighted by Crippen LogP contribution is 2.39. The standard InChI is InChI=1S/C16H15F3N2/c1-21-14-8-6-12(16(17,18)19)10-11(14)5-7-15(21)13-4-2-3-9-20-13/h2-4,6,8-10,15H,5,7H2,1H3/t15-/m0/s1. The van der Waals surface area contributed by atoms with Gasteiger partial charge in [-0.1, -0.05) is 6.07 Å². The van der Waals surface area contributed by atoms with E-state index in [0.717, 1.165) is 29.4 Å². The van der Waals surface area contributed by atoms with E-state index in [-0.39, 0.29) is 6.04 Å². The highest BCUT2D eigenvalue weighted by atomic mass is 19.4. The molecule has 2 heterocycles. The summed E-state index contributed by atoms with van der Waals surface area (Å²) in [6.45, 7) is 0. The van der Waals surface area contributed by atoms with Gasteiger partial charge in [0.2, 0.25) is 0 Å². The van der Waals surface area contributed by atoms with Gasteiger partial charge in [0.1, 0.15) is 0 Å². The van der Waals surface area contributed by atoms with E-state index in [9.17, 15) is 13.2 Å². The second-order valence-corrected chi connectivity index (χ2v) is 5.26. The second-order valence-electron chi connectivity index (χ2n) is 5.26. The maximum Gasteiger partial charge on any atom is 0.416 e. The summed E-state index contributed by atoms with van der Waals surface area (Å²) in [6, 6.07) is 9.82. The van der Waals surface area contributed by atoms with E-state index in [2.05, 4.69) is 4.98 Å². The zero-order valence-corrected chi connectivity index (χ0v) is 11.6. The molecule has 2 aromatic rings. The molecule has 110 valence electrons. The minimum Gasteiger partial charge on any atom is -0.366 e. The predicted octanol–water partition coefficient (Wildman–Crippen LogP) is 4.22. The van der Waals surface area contributed by atoms with Gasteiger partial charge in [0.05, 0.1) is 17.3 Å². The molecule has 0 bridgehead atoms. The van der Waals surface area contributed by atoms with Crippen LogP contribution in [0.25, 0.3) is 0 Å². The maximum absolute atomic E-state index is 12.8. The van der Waals surface area contributed by atoms with Crippen LogP contribution in [0.2, 0.25) is 0 Å². The molecule has 1 aromatic heterocycles. The van der Waals surface area contributed by atoms with Crippen molar-refractivity contribution >= 4 is 5.69 Å². The number of hydrogen-bond donors (Lipinski definition) is 0. The van der Waals surface area contributed by atoms with Gasteiger partial charge in [-0.3, -0.25) is 4.98 Å². The van der Waals surface area contributed by atoms with Crippen molar-refractivity contribution in [3.63, 3.8) is 0 Å². The number of anilines is 1. The average Bonchev–Trinajstić information content (AvgIpc) is 2.47. The SMILES string of the molecule is CN1c2ccc(C(F)(F)F)cc2CC[C@H]1c1ccccn1. The quantitative estimate of drug-likeness (QED) is 0.782. The van der Waals surface area contributed by atoms with Crippen molar-refractivity contribution in [3.8, 4) is 0 Å². The third-order valence-corrected chi connectivity index (χ3v) is 3.97. The van der Waals surface area contributed by atoms with E-state index in [4.69, 9.17) is 0 Å². The van der Waals surface area contributed by atoms with Crippen LogP contribution in [0.15, 0.2) is 42.6 Å². The number of fused-ring (bicyclic) bond motifs is 1. The Balaban J connectivity index is 1.94. The zero-order chi connectivity index (χ0) is 15.0. The van der Waals surface area contributed by atoms with Crippen molar-refractivity contribution in [1.29, 1.82) is 0 Å². The minimum absolute atomic E-state index is 0.107. The van der Waals surface area contributed by atoms with Crippen LogP contribution in [-0.2, 0) is 12.6 Å². The molecule has 21 heavy (non-hydrogen) atoms. The van der Waals surface area contributed by atoms with Crippen LogP contribution in [0.3, 0.4) is 0 Å². The summed E-state index contributed by atoms with van der Waals surface area (Å²) in [7, 11) is 1.91.